The van der Waals surface area contributed by atoms with Crippen LogP contribution in [0.4, 0.5) is 11.4 Å². The Morgan fingerprint density at radius 3 is 2.32 bits per heavy atom. The number of hydrogen-bond donors (Lipinski definition) is 1. The van der Waals surface area contributed by atoms with Gasteiger partial charge in [-0.3, -0.25) is 9.59 Å². The summed E-state index contributed by atoms with van der Waals surface area (Å²) in [4.78, 5) is 27.8. The van der Waals surface area contributed by atoms with Crippen LogP contribution in [-0.4, -0.2) is 18.4 Å². The number of hydrogen-bond acceptors (Lipinski definition) is 3. The lowest BCUT2D eigenvalue weighted by atomic mass is 10.1. The van der Waals surface area contributed by atoms with Crippen LogP contribution < -0.4 is 15.0 Å². The third-order valence-corrected chi connectivity index (χ3v) is 5.92. The lowest BCUT2D eigenvalue weighted by Crippen LogP contribution is -2.28. The Hall–Kier alpha value is -4.38. The van der Waals surface area contributed by atoms with Gasteiger partial charge in [-0.1, -0.05) is 54.6 Å². The molecule has 2 amide bonds. The molecule has 0 aliphatic carbocycles. The number of ether oxygens (including phenoxy) is 1. The van der Waals surface area contributed by atoms with Gasteiger partial charge in [-0.2, -0.15) is 0 Å². The number of rotatable bonds is 6. The third kappa shape index (κ3) is 4.55. The third-order valence-electron chi connectivity index (χ3n) is 5.92. The van der Waals surface area contributed by atoms with Crippen molar-refractivity contribution in [2.24, 2.45) is 0 Å². The SMILES string of the molecule is O=C(Nc1ccc(C(=O)N2CCc3ccccc32)cc1)c1ccccc1COc1ccccc1. The van der Waals surface area contributed by atoms with Crippen molar-refractivity contribution in [3.63, 3.8) is 0 Å². The van der Waals surface area contributed by atoms with Gasteiger partial charge in [0.1, 0.15) is 12.4 Å². The van der Waals surface area contributed by atoms with Gasteiger partial charge in [0, 0.05) is 34.6 Å². The molecule has 5 rings (SSSR count). The van der Waals surface area contributed by atoms with Crippen LogP contribution in [0.15, 0.2) is 103 Å². The second-order valence-electron chi connectivity index (χ2n) is 8.13. The second-order valence-corrected chi connectivity index (χ2v) is 8.13. The maximum absolute atomic E-state index is 13.0. The molecule has 0 fully saturated rings. The van der Waals surface area contributed by atoms with Crippen molar-refractivity contribution in [2.75, 3.05) is 16.8 Å². The van der Waals surface area contributed by atoms with Gasteiger partial charge in [-0.25, -0.2) is 0 Å². The first-order valence-corrected chi connectivity index (χ1v) is 11.3. The number of anilines is 2. The molecule has 168 valence electrons. The molecule has 0 bridgehead atoms. The lowest BCUT2D eigenvalue weighted by molar-refractivity contribution is 0.0988. The van der Waals surface area contributed by atoms with Crippen LogP contribution in [0.5, 0.6) is 5.75 Å². The molecular formula is C29H24N2O3. The molecule has 34 heavy (non-hydrogen) atoms. The van der Waals surface area contributed by atoms with E-state index in [-0.39, 0.29) is 11.8 Å². The minimum Gasteiger partial charge on any atom is -0.489 e. The van der Waals surface area contributed by atoms with E-state index in [1.165, 1.54) is 5.56 Å². The van der Waals surface area contributed by atoms with Crippen molar-refractivity contribution in [2.45, 2.75) is 13.0 Å². The molecule has 5 heteroatoms. The summed E-state index contributed by atoms with van der Waals surface area (Å²) in [7, 11) is 0. The number of carbonyl (C=O) groups is 2. The number of carbonyl (C=O) groups excluding carboxylic acids is 2. The maximum Gasteiger partial charge on any atom is 0.258 e. The standard InChI is InChI=1S/C29H24N2O3/c32-28(26-12-6-4-9-23(26)20-34-25-10-2-1-3-11-25)30-24-16-14-22(15-17-24)29(33)31-19-18-21-8-5-7-13-27(21)31/h1-17H,18-20H2,(H,30,32). The quantitative estimate of drug-likeness (QED) is 0.410. The topological polar surface area (TPSA) is 58.6 Å². The first kappa shape index (κ1) is 21.5. The minimum absolute atomic E-state index is 0.0359. The predicted octanol–water partition coefficient (Wildman–Crippen LogP) is 5.72. The Labute approximate surface area is 198 Å². The molecule has 0 unspecified atom stereocenters. The van der Waals surface area contributed by atoms with Crippen molar-refractivity contribution < 1.29 is 14.3 Å². The summed E-state index contributed by atoms with van der Waals surface area (Å²) >= 11 is 0. The van der Waals surface area contributed by atoms with Gasteiger partial charge in [0.05, 0.1) is 0 Å². The Balaban J connectivity index is 1.26. The zero-order chi connectivity index (χ0) is 23.3. The number of fused-ring (bicyclic) bond motifs is 1. The predicted molar refractivity (Wildman–Crippen MR) is 133 cm³/mol. The van der Waals surface area contributed by atoms with Crippen molar-refractivity contribution in [1.29, 1.82) is 0 Å². The number of nitrogens with zero attached hydrogens (tertiary/aromatic N) is 1. The highest BCUT2D eigenvalue weighted by atomic mass is 16.5. The first-order valence-electron chi connectivity index (χ1n) is 11.3. The van der Waals surface area contributed by atoms with E-state index < -0.39 is 0 Å². The summed E-state index contributed by atoms with van der Waals surface area (Å²) in [5.74, 6) is 0.490. The van der Waals surface area contributed by atoms with Gasteiger partial charge in [0.2, 0.25) is 0 Å². The van der Waals surface area contributed by atoms with Crippen LogP contribution in [0.3, 0.4) is 0 Å². The Morgan fingerprint density at radius 2 is 1.50 bits per heavy atom. The molecule has 0 saturated heterocycles. The normalized spacial score (nSPS) is 12.2. The molecule has 0 saturated carbocycles. The van der Waals surface area contributed by atoms with Gasteiger partial charge in [0.15, 0.2) is 0 Å². The number of amides is 2. The van der Waals surface area contributed by atoms with E-state index >= 15 is 0 Å². The monoisotopic (exact) mass is 448 g/mol. The van der Waals surface area contributed by atoms with Crippen molar-refractivity contribution in [3.8, 4) is 5.75 Å². The van der Waals surface area contributed by atoms with Crippen LogP contribution in [-0.2, 0) is 13.0 Å². The molecule has 1 heterocycles. The molecule has 1 aliphatic rings. The molecule has 4 aromatic carbocycles. The number of benzene rings is 4. The van der Waals surface area contributed by atoms with E-state index in [0.717, 1.165) is 23.4 Å². The van der Waals surface area contributed by atoms with E-state index in [1.807, 2.05) is 71.6 Å². The smallest absolute Gasteiger partial charge is 0.258 e. The second kappa shape index (κ2) is 9.63. The van der Waals surface area contributed by atoms with Crippen LogP contribution in [0, 0.1) is 0 Å². The average molecular weight is 449 g/mol. The summed E-state index contributed by atoms with van der Waals surface area (Å²) in [6.45, 7) is 0.969. The lowest BCUT2D eigenvalue weighted by Gasteiger charge is -2.17. The van der Waals surface area contributed by atoms with Gasteiger partial charge in [-0.05, 0) is 60.5 Å². The summed E-state index contributed by atoms with van der Waals surface area (Å²) < 4.78 is 5.83. The van der Waals surface area contributed by atoms with Crippen molar-refractivity contribution >= 4 is 23.2 Å². The fraction of sp³-hybridized carbons (Fsp3) is 0.103. The summed E-state index contributed by atoms with van der Waals surface area (Å²) in [5, 5.41) is 2.93. The molecule has 0 aromatic heterocycles. The number of nitrogens with one attached hydrogen (secondary N) is 1. The first-order chi connectivity index (χ1) is 16.7. The molecule has 4 aromatic rings. The van der Waals surface area contributed by atoms with E-state index in [1.54, 1.807) is 30.3 Å². The molecule has 0 radical (unpaired) electrons. The molecule has 5 nitrogen and oxygen atoms in total. The minimum atomic E-state index is -0.222. The fourth-order valence-corrected chi connectivity index (χ4v) is 4.15. The zero-order valence-corrected chi connectivity index (χ0v) is 18.6. The van der Waals surface area contributed by atoms with Crippen LogP contribution in [0.1, 0.15) is 31.8 Å². The summed E-state index contributed by atoms with van der Waals surface area (Å²) in [6.07, 6.45) is 0.865. The summed E-state index contributed by atoms with van der Waals surface area (Å²) in [5.41, 5.74) is 4.72. The highest BCUT2D eigenvalue weighted by molar-refractivity contribution is 6.08. The molecule has 1 aliphatic heterocycles. The van der Waals surface area contributed by atoms with Crippen molar-refractivity contribution in [1.82, 2.24) is 0 Å². The fourth-order valence-electron chi connectivity index (χ4n) is 4.15. The van der Waals surface area contributed by atoms with E-state index in [9.17, 15) is 9.59 Å². The van der Waals surface area contributed by atoms with Gasteiger partial charge in [0.25, 0.3) is 11.8 Å². The highest BCUT2D eigenvalue weighted by Crippen LogP contribution is 2.29. The van der Waals surface area contributed by atoms with E-state index in [4.69, 9.17) is 4.74 Å². The Morgan fingerprint density at radius 1 is 0.794 bits per heavy atom. The van der Waals surface area contributed by atoms with Gasteiger partial charge < -0.3 is 15.0 Å². The zero-order valence-electron chi connectivity index (χ0n) is 18.6. The molecular weight excluding hydrogens is 424 g/mol. The Kier molecular flexibility index (Phi) is 6.08. The summed E-state index contributed by atoms with van der Waals surface area (Å²) in [6, 6.07) is 31.9. The van der Waals surface area contributed by atoms with Gasteiger partial charge >= 0.3 is 0 Å². The Bertz CT molecular complexity index is 1320. The van der Waals surface area contributed by atoms with Crippen LogP contribution in [0.2, 0.25) is 0 Å². The van der Waals surface area contributed by atoms with E-state index in [0.29, 0.717) is 30.0 Å². The molecule has 1 N–H and O–H groups in total. The largest absolute Gasteiger partial charge is 0.489 e. The molecule has 0 atom stereocenters. The molecule has 0 spiro atoms. The van der Waals surface area contributed by atoms with Crippen molar-refractivity contribution in [3.05, 3.63) is 125 Å². The van der Waals surface area contributed by atoms with Gasteiger partial charge in [-0.15, -0.1) is 0 Å². The average Bonchev–Trinajstić information content (AvgIpc) is 3.32. The van der Waals surface area contributed by atoms with Crippen LogP contribution >= 0.6 is 0 Å². The van der Waals surface area contributed by atoms with Crippen LogP contribution in [0.25, 0.3) is 0 Å². The maximum atomic E-state index is 13.0. The number of para-hydroxylation sites is 2. The van der Waals surface area contributed by atoms with E-state index in [2.05, 4.69) is 11.4 Å². The highest BCUT2D eigenvalue weighted by Gasteiger charge is 2.25.